The second-order valence-electron chi connectivity index (χ2n) is 3.93. The first-order chi connectivity index (χ1) is 9.20. The number of aryl methyl sites for hydroxylation is 1. The van der Waals surface area contributed by atoms with Crippen LogP contribution in [0.1, 0.15) is 12.7 Å². The predicted molar refractivity (Wildman–Crippen MR) is 76.6 cm³/mol. The highest BCUT2D eigenvalue weighted by atomic mass is 35.5. The molecule has 1 heterocycles. The van der Waals surface area contributed by atoms with Gasteiger partial charge in [-0.2, -0.15) is 5.10 Å². The standard InChI is InChI=1S/C13H14ClN3OS/c1-2-17-13(15-9-16-17)7-10(18)8-19-12-6-4-3-5-11(12)14/h3-6,9H,2,7-8H2,1H3. The van der Waals surface area contributed by atoms with E-state index in [-0.39, 0.29) is 5.78 Å². The minimum atomic E-state index is 0.118. The molecule has 0 saturated carbocycles. The molecule has 0 bridgehead atoms. The Bertz CT molecular complexity index is 571. The van der Waals surface area contributed by atoms with Crippen LogP contribution in [0.4, 0.5) is 0 Å². The number of aromatic nitrogens is 3. The summed E-state index contributed by atoms with van der Waals surface area (Å²) < 4.78 is 1.73. The molecule has 0 saturated heterocycles. The summed E-state index contributed by atoms with van der Waals surface area (Å²) in [5.74, 6) is 1.22. The number of ketones is 1. The van der Waals surface area contributed by atoms with Crippen molar-refractivity contribution in [1.82, 2.24) is 14.8 Å². The number of halogens is 1. The zero-order valence-electron chi connectivity index (χ0n) is 10.5. The van der Waals surface area contributed by atoms with Crippen molar-refractivity contribution < 1.29 is 4.79 Å². The van der Waals surface area contributed by atoms with Gasteiger partial charge in [-0.25, -0.2) is 9.67 Å². The predicted octanol–water partition coefficient (Wildman–Crippen LogP) is 2.86. The molecule has 0 unspecified atom stereocenters. The summed E-state index contributed by atoms with van der Waals surface area (Å²) in [4.78, 5) is 16.9. The van der Waals surface area contributed by atoms with Crippen LogP contribution in [0.25, 0.3) is 0 Å². The lowest BCUT2D eigenvalue weighted by atomic mass is 10.3. The summed E-state index contributed by atoms with van der Waals surface area (Å²) in [5, 5.41) is 4.72. The van der Waals surface area contributed by atoms with Gasteiger partial charge in [-0.15, -0.1) is 11.8 Å². The van der Waals surface area contributed by atoms with Crippen LogP contribution < -0.4 is 0 Å². The molecule has 19 heavy (non-hydrogen) atoms. The van der Waals surface area contributed by atoms with E-state index in [4.69, 9.17) is 11.6 Å². The van der Waals surface area contributed by atoms with Gasteiger partial charge in [0.25, 0.3) is 0 Å². The Kier molecular flexibility index (Phi) is 4.99. The summed E-state index contributed by atoms with van der Waals surface area (Å²) in [7, 11) is 0. The summed E-state index contributed by atoms with van der Waals surface area (Å²) in [6.45, 7) is 2.70. The smallest absolute Gasteiger partial charge is 0.150 e. The number of hydrogen-bond donors (Lipinski definition) is 0. The molecule has 0 spiro atoms. The van der Waals surface area contributed by atoms with Crippen molar-refractivity contribution in [2.24, 2.45) is 0 Å². The van der Waals surface area contributed by atoms with E-state index in [1.165, 1.54) is 18.1 Å². The molecule has 0 fully saturated rings. The van der Waals surface area contributed by atoms with Crippen LogP contribution in [-0.4, -0.2) is 26.3 Å². The van der Waals surface area contributed by atoms with Crippen LogP contribution in [0.5, 0.6) is 0 Å². The monoisotopic (exact) mass is 295 g/mol. The zero-order valence-corrected chi connectivity index (χ0v) is 12.1. The number of rotatable bonds is 6. The van der Waals surface area contributed by atoms with Crippen molar-refractivity contribution in [2.45, 2.75) is 24.8 Å². The molecule has 0 aliphatic heterocycles. The number of hydrogen-bond acceptors (Lipinski definition) is 4. The van der Waals surface area contributed by atoms with Crippen LogP contribution in [-0.2, 0) is 17.8 Å². The lowest BCUT2D eigenvalue weighted by Gasteiger charge is -2.04. The van der Waals surface area contributed by atoms with Crippen molar-refractivity contribution in [2.75, 3.05) is 5.75 Å². The van der Waals surface area contributed by atoms with Gasteiger partial charge in [0.15, 0.2) is 5.78 Å². The first-order valence-corrected chi connectivity index (χ1v) is 7.32. The summed E-state index contributed by atoms with van der Waals surface area (Å²) in [6, 6.07) is 7.52. The molecule has 1 aromatic carbocycles. The van der Waals surface area contributed by atoms with Crippen molar-refractivity contribution >= 4 is 29.1 Å². The topological polar surface area (TPSA) is 47.8 Å². The molecular formula is C13H14ClN3OS. The molecule has 2 rings (SSSR count). The van der Waals surface area contributed by atoms with Gasteiger partial charge >= 0.3 is 0 Å². The van der Waals surface area contributed by atoms with Crippen molar-refractivity contribution in [3.8, 4) is 0 Å². The van der Waals surface area contributed by atoms with E-state index < -0.39 is 0 Å². The van der Waals surface area contributed by atoms with Gasteiger partial charge in [-0.3, -0.25) is 4.79 Å². The van der Waals surface area contributed by atoms with Gasteiger partial charge in [0.1, 0.15) is 12.2 Å². The third kappa shape index (κ3) is 3.81. The molecule has 0 N–H and O–H groups in total. The number of nitrogens with zero attached hydrogens (tertiary/aromatic N) is 3. The van der Waals surface area contributed by atoms with Gasteiger partial charge < -0.3 is 0 Å². The lowest BCUT2D eigenvalue weighted by molar-refractivity contribution is -0.116. The van der Waals surface area contributed by atoms with E-state index in [0.29, 0.717) is 23.0 Å². The van der Waals surface area contributed by atoms with Crippen LogP contribution in [0.3, 0.4) is 0 Å². The molecule has 100 valence electrons. The largest absolute Gasteiger partial charge is 0.298 e. The average molecular weight is 296 g/mol. The highest BCUT2D eigenvalue weighted by molar-refractivity contribution is 8.00. The zero-order chi connectivity index (χ0) is 13.7. The maximum absolute atomic E-state index is 11.9. The third-order valence-corrected chi connectivity index (χ3v) is 4.15. The van der Waals surface area contributed by atoms with E-state index in [9.17, 15) is 4.79 Å². The Morgan fingerprint density at radius 1 is 1.42 bits per heavy atom. The molecule has 0 aliphatic carbocycles. The molecule has 4 nitrogen and oxygen atoms in total. The van der Waals surface area contributed by atoms with E-state index >= 15 is 0 Å². The van der Waals surface area contributed by atoms with Crippen LogP contribution >= 0.6 is 23.4 Å². The molecule has 0 amide bonds. The SMILES string of the molecule is CCn1ncnc1CC(=O)CSc1ccccc1Cl. The molecule has 0 aliphatic rings. The molecule has 1 aromatic heterocycles. The molecule has 0 atom stereocenters. The summed E-state index contributed by atoms with van der Waals surface area (Å²) in [5.41, 5.74) is 0. The maximum atomic E-state index is 11.9. The molecular weight excluding hydrogens is 282 g/mol. The normalized spacial score (nSPS) is 10.6. The van der Waals surface area contributed by atoms with Crippen molar-refractivity contribution in [3.63, 3.8) is 0 Å². The average Bonchev–Trinajstić information content (AvgIpc) is 2.85. The van der Waals surface area contributed by atoms with E-state index in [2.05, 4.69) is 10.1 Å². The molecule has 2 aromatic rings. The second kappa shape index (κ2) is 6.73. The highest BCUT2D eigenvalue weighted by Gasteiger charge is 2.10. The Balaban J connectivity index is 1.90. The van der Waals surface area contributed by atoms with Crippen LogP contribution in [0.2, 0.25) is 5.02 Å². The van der Waals surface area contributed by atoms with E-state index in [0.717, 1.165) is 11.4 Å². The molecule has 6 heteroatoms. The fourth-order valence-electron chi connectivity index (χ4n) is 1.64. The fourth-order valence-corrected chi connectivity index (χ4v) is 2.74. The van der Waals surface area contributed by atoms with Crippen molar-refractivity contribution in [1.29, 1.82) is 0 Å². The first-order valence-electron chi connectivity index (χ1n) is 5.96. The third-order valence-electron chi connectivity index (χ3n) is 2.58. The van der Waals surface area contributed by atoms with Gasteiger partial charge in [0.2, 0.25) is 0 Å². The van der Waals surface area contributed by atoms with Crippen LogP contribution in [0, 0.1) is 0 Å². The maximum Gasteiger partial charge on any atom is 0.150 e. The van der Waals surface area contributed by atoms with Crippen LogP contribution in [0.15, 0.2) is 35.5 Å². The number of carbonyl (C=O) groups is 1. The Morgan fingerprint density at radius 2 is 2.21 bits per heavy atom. The molecule has 0 radical (unpaired) electrons. The van der Waals surface area contributed by atoms with Gasteiger partial charge in [0, 0.05) is 11.4 Å². The first kappa shape index (κ1) is 14.1. The second-order valence-corrected chi connectivity index (χ2v) is 5.35. The summed E-state index contributed by atoms with van der Waals surface area (Å²) >= 11 is 7.49. The van der Waals surface area contributed by atoms with Crippen molar-refractivity contribution in [3.05, 3.63) is 41.4 Å². The summed E-state index contributed by atoms with van der Waals surface area (Å²) in [6.07, 6.45) is 1.79. The number of Topliss-reactive ketones (excluding diaryl/α,β-unsaturated/α-hetero) is 1. The Hall–Kier alpha value is -1.33. The highest BCUT2D eigenvalue weighted by Crippen LogP contribution is 2.26. The number of carbonyl (C=O) groups excluding carboxylic acids is 1. The van der Waals surface area contributed by atoms with E-state index in [1.54, 1.807) is 4.68 Å². The van der Waals surface area contributed by atoms with Gasteiger partial charge in [0.05, 0.1) is 17.2 Å². The quantitative estimate of drug-likeness (QED) is 0.769. The number of thioether (sulfide) groups is 1. The fraction of sp³-hybridized carbons (Fsp3) is 0.308. The lowest BCUT2D eigenvalue weighted by Crippen LogP contribution is -2.12. The number of benzene rings is 1. The minimum absolute atomic E-state index is 0.118. The van der Waals surface area contributed by atoms with Gasteiger partial charge in [-0.05, 0) is 19.1 Å². The minimum Gasteiger partial charge on any atom is -0.298 e. The Morgan fingerprint density at radius 3 is 2.95 bits per heavy atom. The van der Waals surface area contributed by atoms with Gasteiger partial charge in [-0.1, -0.05) is 23.7 Å². The van der Waals surface area contributed by atoms with E-state index in [1.807, 2.05) is 31.2 Å². The Labute approximate surface area is 121 Å².